The molecule has 4 heteroatoms. The van der Waals surface area contributed by atoms with Crippen LogP contribution in [-0.4, -0.2) is 17.0 Å². The topological polar surface area (TPSA) is 51.2 Å². The van der Waals surface area contributed by atoms with Gasteiger partial charge in [-0.05, 0) is 50.1 Å². The summed E-state index contributed by atoms with van der Waals surface area (Å²) in [6, 6.07) is 25.8. The molecule has 0 radical (unpaired) electrons. The summed E-state index contributed by atoms with van der Waals surface area (Å²) in [7, 11) is 0. The number of nitrogens with one attached hydrogen (secondary N) is 1. The minimum absolute atomic E-state index is 0.108. The average molecular weight is 411 g/mol. The van der Waals surface area contributed by atoms with Gasteiger partial charge >= 0.3 is 0 Å². The number of pyridine rings is 1. The molecule has 31 heavy (non-hydrogen) atoms. The average Bonchev–Trinajstić information content (AvgIpc) is 2.77. The van der Waals surface area contributed by atoms with E-state index in [0.29, 0.717) is 12.1 Å². The fraction of sp³-hybridized carbons (Fsp3) is 0.185. The highest BCUT2D eigenvalue weighted by Crippen LogP contribution is 2.29. The molecule has 1 amide bonds. The highest BCUT2D eigenvalue weighted by Gasteiger charge is 2.15. The maximum Gasteiger partial charge on any atom is 0.252 e. The highest BCUT2D eigenvalue weighted by molar-refractivity contribution is 6.09. The van der Waals surface area contributed by atoms with E-state index in [2.05, 4.69) is 17.4 Å². The molecule has 0 bridgehead atoms. The fourth-order valence-electron chi connectivity index (χ4n) is 3.65. The molecule has 0 saturated carbocycles. The molecule has 1 heterocycles. The summed E-state index contributed by atoms with van der Waals surface area (Å²) in [6.07, 6.45) is 0.134. The number of hydrogen-bond acceptors (Lipinski definition) is 3. The number of hydrogen-bond donors (Lipinski definition) is 1. The highest BCUT2D eigenvalue weighted by atomic mass is 16.5. The van der Waals surface area contributed by atoms with Crippen LogP contribution in [0.5, 0.6) is 5.75 Å². The molecule has 4 aromatic rings. The normalized spacial score (nSPS) is 11.0. The van der Waals surface area contributed by atoms with E-state index < -0.39 is 0 Å². The monoisotopic (exact) mass is 410 g/mol. The number of rotatable bonds is 6. The molecule has 4 rings (SSSR count). The van der Waals surface area contributed by atoms with Crippen molar-refractivity contribution >= 4 is 16.8 Å². The van der Waals surface area contributed by atoms with Crippen LogP contribution in [0, 0.1) is 6.92 Å². The summed E-state index contributed by atoms with van der Waals surface area (Å²) in [4.78, 5) is 17.8. The van der Waals surface area contributed by atoms with Gasteiger partial charge in [0.1, 0.15) is 5.75 Å². The standard InChI is InChI=1S/C27H26N2O2/c1-18(2)31-22-14-12-20(13-15-22)17-28-27(30)25-16-19(3)29-26-23(10-7-11-24(25)26)21-8-5-4-6-9-21/h4-16,18H,17H2,1-3H3,(H,28,30). The molecule has 1 N–H and O–H groups in total. The third kappa shape index (κ3) is 4.75. The molecule has 0 unspecified atom stereocenters. The van der Waals surface area contributed by atoms with Crippen LogP contribution in [0.1, 0.15) is 35.5 Å². The lowest BCUT2D eigenvalue weighted by molar-refractivity contribution is 0.0952. The summed E-state index contributed by atoms with van der Waals surface area (Å²) in [5, 5.41) is 3.90. The Balaban J connectivity index is 1.60. The summed E-state index contributed by atoms with van der Waals surface area (Å²) in [6.45, 7) is 6.37. The van der Waals surface area contributed by atoms with Gasteiger partial charge in [0.05, 0.1) is 17.2 Å². The van der Waals surface area contributed by atoms with Crippen LogP contribution in [0.25, 0.3) is 22.0 Å². The number of aryl methyl sites for hydroxylation is 1. The quantitative estimate of drug-likeness (QED) is 0.429. The van der Waals surface area contributed by atoms with Crippen LogP contribution in [0.3, 0.4) is 0 Å². The van der Waals surface area contributed by atoms with Gasteiger partial charge in [0, 0.05) is 23.2 Å². The predicted molar refractivity (Wildman–Crippen MR) is 125 cm³/mol. The van der Waals surface area contributed by atoms with Crippen molar-refractivity contribution in [3.05, 3.63) is 95.7 Å². The van der Waals surface area contributed by atoms with Crippen LogP contribution < -0.4 is 10.1 Å². The fourth-order valence-corrected chi connectivity index (χ4v) is 3.65. The molecular weight excluding hydrogens is 384 g/mol. The van der Waals surface area contributed by atoms with Gasteiger partial charge in [-0.2, -0.15) is 0 Å². The van der Waals surface area contributed by atoms with Crippen LogP contribution in [0.2, 0.25) is 0 Å². The summed E-state index contributed by atoms with van der Waals surface area (Å²) in [5.74, 6) is 0.720. The second-order valence-electron chi connectivity index (χ2n) is 7.87. The van der Waals surface area contributed by atoms with Crippen LogP contribution in [0.15, 0.2) is 78.9 Å². The largest absolute Gasteiger partial charge is 0.491 e. The van der Waals surface area contributed by atoms with Crippen molar-refractivity contribution in [3.8, 4) is 16.9 Å². The zero-order valence-corrected chi connectivity index (χ0v) is 18.1. The van der Waals surface area contributed by atoms with Gasteiger partial charge < -0.3 is 10.1 Å². The van der Waals surface area contributed by atoms with Crippen molar-refractivity contribution in [1.82, 2.24) is 10.3 Å². The van der Waals surface area contributed by atoms with Crippen molar-refractivity contribution in [1.29, 1.82) is 0 Å². The number of para-hydroxylation sites is 1. The molecule has 0 aliphatic carbocycles. The van der Waals surface area contributed by atoms with Gasteiger partial charge in [-0.3, -0.25) is 9.78 Å². The lowest BCUT2D eigenvalue weighted by Gasteiger charge is -2.13. The molecule has 0 aliphatic heterocycles. The van der Waals surface area contributed by atoms with E-state index in [0.717, 1.165) is 39.0 Å². The molecule has 0 saturated heterocycles. The first-order valence-electron chi connectivity index (χ1n) is 10.5. The molecule has 156 valence electrons. The molecule has 1 aromatic heterocycles. The Morgan fingerprint density at radius 1 is 0.968 bits per heavy atom. The minimum atomic E-state index is -0.108. The van der Waals surface area contributed by atoms with Crippen molar-refractivity contribution in [2.45, 2.75) is 33.4 Å². The molecule has 0 aliphatic rings. The summed E-state index contributed by atoms with van der Waals surface area (Å²) >= 11 is 0. The number of carbonyl (C=O) groups is 1. The van der Waals surface area contributed by atoms with Crippen LogP contribution in [-0.2, 0) is 6.54 Å². The second-order valence-corrected chi connectivity index (χ2v) is 7.87. The van der Waals surface area contributed by atoms with E-state index in [1.807, 2.05) is 87.5 Å². The molecule has 3 aromatic carbocycles. The molecule has 0 spiro atoms. The third-order valence-corrected chi connectivity index (χ3v) is 5.05. The molecular formula is C27H26N2O2. The Bertz CT molecular complexity index is 1200. The van der Waals surface area contributed by atoms with E-state index >= 15 is 0 Å². The Hall–Kier alpha value is -3.66. The van der Waals surface area contributed by atoms with Crippen LogP contribution >= 0.6 is 0 Å². The van der Waals surface area contributed by atoms with Crippen molar-refractivity contribution in [3.63, 3.8) is 0 Å². The number of aromatic nitrogens is 1. The zero-order valence-electron chi connectivity index (χ0n) is 18.1. The van der Waals surface area contributed by atoms with Crippen molar-refractivity contribution in [2.24, 2.45) is 0 Å². The number of carbonyl (C=O) groups excluding carboxylic acids is 1. The number of benzene rings is 3. The minimum Gasteiger partial charge on any atom is -0.491 e. The Labute approximate surface area is 182 Å². The van der Waals surface area contributed by atoms with Gasteiger partial charge in [-0.1, -0.05) is 60.7 Å². The van der Waals surface area contributed by atoms with Gasteiger partial charge in [0.25, 0.3) is 5.91 Å². The van der Waals surface area contributed by atoms with Crippen LogP contribution in [0.4, 0.5) is 0 Å². The second kappa shape index (κ2) is 9.00. The first-order chi connectivity index (χ1) is 15.0. The van der Waals surface area contributed by atoms with E-state index in [1.54, 1.807) is 0 Å². The zero-order chi connectivity index (χ0) is 21.8. The SMILES string of the molecule is Cc1cc(C(=O)NCc2ccc(OC(C)C)cc2)c2cccc(-c3ccccc3)c2n1. The molecule has 0 fully saturated rings. The Morgan fingerprint density at radius 3 is 2.42 bits per heavy atom. The lowest BCUT2D eigenvalue weighted by Crippen LogP contribution is -2.23. The van der Waals surface area contributed by atoms with Crippen molar-refractivity contribution < 1.29 is 9.53 Å². The maximum atomic E-state index is 13.1. The summed E-state index contributed by atoms with van der Waals surface area (Å²) < 4.78 is 5.68. The number of nitrogens with zero attached hydrogens (tertiary/aromatic N) is 1. The van der Waals surface area contributed by atoms with Gasteiger partial charge in [-0.15, -0.1) is 0 Å². The van der Waals surface area contributed by atoms with Gasteiger partial charge in [-0.25, -0.2) is 0 Å². The molecule has 4 nitrogen and oxygen atoms in total. The predicted octanol–water partition coefficient (Wildman–Crippen LogP) is 5.93. The number of fused-ring (bicyclic) bond motifs is 1. The summed E-state index contributed by atoms with van der Waals surface area (Å²) in [5.41, 5.74) is 5.42. The van der Waals surface area contributed by atoms with Gasteiger partial charge in [0.2, 0.25) is 0 Å². The van der Waals surface area contributed by atoms with Gasteiger partial charge in [0.15, 0.2) is 0 Å². The maximum absolute atomic E-state index is 13.1. The first-order valence-corrected chi connectivity index (χ1v) is 10.5. The number of ether oxygens (including phenoxy) is 1. The molecule has 0 atom stereocenters. The number of amides is 1. The first kappa shape index (κ1) is 20.6. The Morgan fingerprint density at radius 2 is 1.71 bits per heavy atom. The lowest BCUT2D eigenvalue weighted by atomic mass is 9.98. The van der Waals surface area contributed by atoms with Crippen molar-refractivity contribution in [2.75, 3.05) is 0 Å². The van der Waals surface area contributed by atoms with E-state index in [-0.39, 0.29) is 12.0 Å². The van der Waals surface area contributed by atoms with E-state index in [4.69, 9.17) is 9.72 Å². The smallest absolute Gasteiger partial charge is 0.252 e. The Kier molecular flexibility index (Phi) is 5.99. The third-order valence-electron chi connectivity index (χ3n) is 5.05. The van der Waals surface area contributed by atoms with E-state index in [1.165, 1.54) is 0 Å². The van der Waals surface area contributed by atoms with E-state index in [9.17, 15) is 4.79 Å².